The molecule has 3 rings (SSSR count). The summed E-state index contributed by atoms with van der Waals surface area (Å²) >= 11 is 0.977. The van der Waals surface area contributed by atoms with E-state index in [-0.39, 0.29) is 16.3 Å². The SMILES string of the molecule is O=C(Nc1nc2c(F)cc(F)cc2s1)c1cnccn1. The molecule has 0 aliphatic heterocycles. The Hall–Kier alpha value is -2.48. The van der Waals surface area contributed by atoms with E-state index in [0.717, 1.165) is 23.5 Å². The first-order valence-corrected chi connectivity index (χ1v) is 6.28. The zero-order valence-electron chi connectivity index (χ0n) is 9.80. The van der Waals surface area contributed by atoms with Crippen LogP contribution in [0.2, 0.25) is 0 Å². The highest BCUT2D eigenvalue weighted by Gasteiger charge is 2.14. The molecule has 0 bridgehead atoms. The van der Waals surface area contributed by atoms with Crippen molar-refractivity contribution in [3.05, 3.63) is 48.1 Å². The first-order chi connectivity index (χ1) is 9.63. The maximum absolute atomic E-state index is 13.5. The number of aromatic nitrogens is 3. The normalized spacial score (nSPS) is 10.7. The lowest BCUT2D eigenvalue weighted by Gasteiger charge is -1.98. The van der Waals surface area contributed by atoms with E-state index in [1.165, 1.54) is 18.6 Å². The summed E-state index contributed by atoms with van der Waals surface area (Å²) in [5, 5.41) is 2.64. The number of nitrogens with zero attached hydrogens (tertiary/aromatic N) is 3. The molecule has 1 aromatic carbocycles. The third-order valence-corrected chi connectivity index (χ3v) is 3.35. The van der Waals surface area contributed by atoms with Gasteiger partial charge in [-0.25, -0.2) is 18.7 Å². The summed E-state index contributed by atoms with van der Waals surface area (Å²) in [5.74, 6) is -1.97. The molecule has 100 valence electrons. The van der Waals surface area contributed by atoms with Crippen molar-refractivity contribution < 1.29 is 13.6 Å². The molecule has 5 nitrogen and oxygen atoms in total. The van der Waals surface area contributed by atoms with Crippen molar-refractivity contribution in [2.24, 2.45) is 0 Å². The highest BCUT2D eigenvalue weighted by molar-refractivity contribution is 7.22. The molecule has 2 heterocycles. The van der Waals surface area contributed by atoms with Crippen LogP contribution in [0.25, 0.3) is 10.2 Å². The monoisotopic (exact) mass is 292 g/mol. The number of hydrogen-bond acceptors (Lipinski definition) is 5. The van der Waals surface area contributed by atoms with Gasteiger partial charge < -0.3 is 0 Å². The van der Waals surface area contributed by atoms with Gasteiger partial charge in [0, 0.05) is 18.5 Å². The van der Waals surface area contributed by atoms with Crippen LogP contribution in [0.3, 0.4) is 0 Å². The second-order valence-corrected chi connectivity index (χ2v) is 4.83. The summed E-state index contributed by atoms with van der Waals surface area (Å²) in [6.45, 7) is 0. The van der Waals surface area contributed by atoms with Gasteiger partial charge in [0.15, 0.2) is 10.9 Å². The third-order valence-electron chi connectivity index (χ3n) is 2.43. The number of nitrogens with one attached hydrogen (secondary N) is 1. The van der Waals surface area contributed by atoms with E-state index in [9.17, 15) is 13.6 Å². The lowest BCUT2D eigenvalue weighted by Crippen LogP contribution is -2.13. The van der Waals surface area contributed by atoms with Gasteiger partial charge in [-0.1, -0.05) is 11.3 Å². The Kier molecular flexibility index (Phi) is 3.07. The first-order valence-electron chi connectivity index (χ1n) is 5.46. The first kappa shape index (κ1) is 12.5. The number of halogens is 2. The average Bonchev–Trinajstić information content (AvgIpc) is 2.82. The molecule has 0 saturated heterocycles. The molecule has 0 radical (unpaired) electrons. The van der Waals surface area contributed by atoms with Crippen LogP contribution in [-0.2, 0) is 0 Å². The number of fused-ring (bicyclic) bond motifs is 1. The number of carbonyl (C=O) groups is 1. The quantitative estimate of drug-likeness (QED) is 0.788. The number of amides is 1. The second-order valence-electron chi connectivity index (χ2n) is 3.80. The Bertz CT molecular complexity index is 791. The van der Waals surface area contributed by atoms with Gasteiger partial charge in [-0.2, -0.15) is 0 Å². The molecule has 1 N–H and O–H groups in total. The van der Waals surface area contributed by atoms with Crippen molar-refractivity contribution in [3.63, 3.8) is 0 Å². The number of hydrogen-bond donors (Lipinski definition) is 1. The number of anilines is 1. The van der Waals surface area contributed by atoms with E-state index in [1.54, 1.807) is 0 Å². The van der Waals surface area contributed by atoms with Crippen molar-refractivity contribution >= 4 is 32.6 Å². The predicted molar refractivity (Wildman–Crippen MR) is 69.5 cm³/mol. The third kappa shape index (κ3) is 2.32. The lowest BCUT2D eigenvalue weighted by atomic mass is 10.3. The number of benzene rings is 1. The van der Waals surface area contributed by atoms with E-state index >= 15 is 0 Å². The van der Waals surface area contributed by atoms with E-state index in [1.807, 2.05) is 0 Å². The van der Waals surface area contributed by atoms with Crippen LogP contribution in [0.15, 0.2) is 30.7 Å². The molecule has 0 aliphatic rings. The van der Waals surface area contributed by atoms with Crippen LogP contribution in [0.5, 0.6) is 0 Å². The van der Waals surface area contributed by atoms with Gasteiger partial charge in [0.05, 0.1) is 10.9 Å². The summed E-state index contributed by atoms with van der Waals surface area (Å²) in [6, 6.07) is 1.91. The molecule has 0 spiro atoms. The zero-order chi connectivity index (χ0) is 14.1. The van der Waals surface area contributed by atoms with E-state index in [2.05, 4.69) is 20.3 Å². The van der Waals surface area contributed by atoms with Crippen LogP contribution in [0, 0.1) is 11.6 Å². The van der Waals surface area contributed by atoms with E-state index < -0.39 is 17.5 Å². The summed E-state index contributed by atoms with van der Waals surface area (Å²) in [4.78, 5) is 23.3. The molecular weight excluding hydrogens is 286 g/mol. The van der Waals surface area contributed by atoms with E-state index in [0.29, 0.717) is 4.70 Å². The minimum Gasteiger partial charge on any atom is -0.296 e. The standard InChI is InChI=1S/C12H6F2N4OS/c13-6-3-7(14)10-9(4-6)20-12(17-10)18-11(19)8-5-15-1-2-16-8/h1-5H,(H,17,18,19). The van der Waals surface area contributed by atoms with Crippen molar-refractivity contribution in [3.8, 4) is 0 Å². The average molecular weight is 292 g/mol. The summed E-state index contributed by atoms with van der Waals surface area (Å²) < 4.78 is 26.9. The van der Waals surface area contributed by atoms with Crippen LogP contribution in [0.4, 0.5) is 13.9 Å². The second kappa shape index (κ2) is 4.89. The van der Waals surface area contributed by atoms with Gasteiger partial charge in [0.1, 0.15) is 17.0 Å². The highest BCUT2D eigenvalue weighted by atomic mass is 32.1. The number of carbonyl (C=O) groups excluding carboxylic acids is 1. The van der Waals surface area contributed by atoms with Gasteiger partial charge in [-0.3, -0.25) is 15.1 Å². The summed E-state index contributed by atoms with van der Waals surface area (Å²) in [7, 11) is 0. The molecule has 8 heteroatoms. The fourth-order valence-electron chi connectivity index (χ4n) is 1.59. The maximum atomic E-state index is 13.5. The van der Waals surface area contributed by atoms with Gasteiger partial charge in [0.2, 0.25) is 0 Å². The van der Waals surface area contributed by atoms with Crippen LogP contribution < -0.4 is 5.32 Å². The molecule has 2 aromatic heterocycles. The zero-order valence-corrected chi connectivity index (χ0v) is 10.6. The van der Waals surface area contributed by atoms with Crippen LogP contribution in [0.1, 0.15) is 10.5 Å². The van der Waals surface area contributed by atoms with Crippen molar-refractivity contribution in [2.75, 3.05) is 5.32 Å². The largest absolute Gasteiger partial charge is 0.296 e. The molecular formula is C12H6F2N4OS. The Morgan fingerprint density at radius 3 is 2.85 bits per heavy atom. The molecule has 3 aromatic rings. The molecule has 0 unspecified atom stereocenters. The fraction of sp³-hybridized carbons (Fsp3) is 0. The van der Waals surface area contributed by atoms with Gasteiger partial charge in [-0.05, 0) is 6.07 Å². The smallest absolute Gasteiger partial charge is 0.277 e. The lowest BCUT2D eigenvalue weighted by molar-refractivity contribution is 0.102. The maximum Gasteiger partial charge on any atom is 0.277 e. The number of thiazole rings is 1. The Morgan fingerprint density at radius 2 is 2.10 bits per heavy atom. The topological polar surface area (TPSA) is 67.8 Å². The molecule has 0 fully saturated rings. The minimum absolute atomic E-state index is 0.0193. The minimum atomic E-state index is -0.767. The summed E-state index contributed by atoms with van der Waals surface area (Å²) in [5.41, 5.74) is 0.129. The van der Waals surface area contributed by atoms with Crippen molar-refractivity contribution in [2.45, 2.75) is 0 Å². The van der Waals surface area contributed by atoms with Gasteiger partial charge in [0.25, 0.3) is 5.91 Å². The Labute approximate surface area is 115 Å². The number of rotatable bonds is 2. The van der Waals surface area contributed by atoms with E-state index in [4.69, 9.17) is 0 Å². The molecule has 0 aliphatic carbocycles. The van der Waals surface area contributed by atoms with Gasteiger partial charge in [-0.15, -0.1) is 0 Å². The van der Waals surface area contributed by atoms with Crippen LogP contribution in [-0.4, -0.2) is 20.9 Å². The predicted octanol–water partition coefficient (Wildman–Crippen LogP) is 2.62. The Morgan fingerprint density at radius 1 is 1.25 bits per heavy atom. The van der Waals surface area contributed by atoms with Gasteiger partial charge >= 0.3 is 0 Å². The molecule has 0 atom stereocenters. The highest BCUT2D eigenvalue weighted by Crippen LogP contribution is 2.28. The summed E-state index contributed by atoms with van der Waals surface area (Å²) in [6.07, 6.45) is 4.11. The fourth-order valence-corrected chi connectivity index (χ4v) is 2.49. The Balaban J connectivity index is 1.92. The van der Waals surface area contributed by atoms with Crippen LogP contribution >= 0.6 is 11.3 Å². The molecule has 20 heavy (non-hydrogen) atoms. The molecule has 1 amide bonds. The van der Waals surface area contributed by atoms with Crippen molar-refractivity contribution in [1.82, 2.24) is 15.0 Å². The molecule has 0 saturated carbocycles. The van der Waals surface area contributed by atoms with Crippen molar-refractivity contribution in [1.29, 1.82) is 0 Å².